The molecule has 10 nitrogen and oxygen atoms in total. The average Bonchev–Trinajstić information content (AvgIpc) is 2.89. The van der Waals surface area contributed by atoms with Gasteiger partial charge in [-0.15, -0.1) is 0 Å². The standard InChI is InChI=1S/C26H30N4O6/c31-24-8-4-2-6-20(24)27-25(32)17-9-10-22(23(15-17)30(34)35)28-13-11-19(12-14-28)29-21-7-3-1-5-18(21)16-36-26(29)33/h1,3,5,7,9-10,15,19-20,24,31H,2,4,6,8,11-14,16H2,(H,27,32)/t20-,24-/m0/s1. The van der Waals surface area contributed by atoms with Crippen molar-refractivity contribution in [3.63, 3.8) is 0 Å². The molecule has 36 heavy (non-hydrogen) atoms. The fourth-order valence-electron chi connectivity index (χ4n) is 5.50. The Morgan fingerprint density at radius 3 is 2.56 bits per heavy atom. The van der Waals surface area contributed by atoms with Crippen molar-refractivity contribution >= 4 is 29.1 Å². The van der Waals surface area contributed by atoms with Gasteiger partial charge in [0.05, 0.1) is 22.8 Å². The van der Waals surface area contributed by atoms with Crippen molar-refractivity contribution in [2.24, 2.45) is 0 Å². The molecule has 0 unspecified atom stereocenters. The fourth-order valence-corrected chi connectivity index (χ4v) is 5.50. The molecule has 1 aliphatic carbocycles. The summed E-state index contributed by atoms with van der Waals surface area (Å²) in [5, 5.41) is 24.9. The van der Waals surface area contributed by atoms with E-state index in [4.69, 9.17) is 4.74 Å². The van der Waals surface area contributed by atoms with Crippen molar-refractivity contribution < 1.29 is 24.4 Å². The first kappa shape index (κ1) is 24.1. The van der Waals surface area contributed by atoms with E-state index in [2.05, 4.69) is 5.32 Å². The normalized spacial score (nSPS) is 22.5. The number of aliphatic hydroxyl groups is 1. The van der Waals surface area contributed by atoms with Crippen LogP contribution >= 0.6 is 0 Å². The Morgan fingerprint density at radius 2 is 1.81 bits per heavy atom. The molecule has 2 aliphatic heterocycles. The van der Waals surface area contributed by atoms with Crippen molar-refractivity contribution in [2.75, 3.05) is 22.9 Å². The van der Waals surface area contributed by atoms with Gasteiger partial charge in [-0.25, -0.2) is 4.79 Å². The third kappa shape index (κ3) is 4.73. The lowest BCUT2D eigenvalue weighted by molar-refractivity contribution is -0.384. The first-order valence-electron chi connectivity index (χ1n) is 12.5. The number of anilines is 2. The van der Waals surface area contributed by atoms with Gasteiger partial charge in [-0.1, -0.05) is 31.0 Å². The van der Waals surface area contributed by atoms with Gasteiger partial charge in [0.25, 0.3) is 11.6 Å². The van der Waals surface area contributed by atoms with Gasteiger partial charge in [0.15, 0.2) is 0 Å². The number of nitro benzene ring substituents is 1. The number of hydrogen-bond acceptors (Lipinski definition) is 7. The number of benzene rings is 2. The van der Waals surface area contributed by atoms with E-state index in [-0.39, 0.29) is 36.0 Å². The summed E-state index contributed by atoms with van der Waals surface area (Å²) in [4.78, 5) is 40.4. The highest BCUT2D eigenvalue weighted by molar-refractivity contribution is 5.96. The molecule has 5 rings (SSSR count). The molecule has 1 saturated heterocycles. The second kappa shape index (κ2) is 10.1. The first-order valence-corrected chi connectivity index (χ1v) is 12.5. The smallest absolute Gasteiger partial charge is 0.414 e. The summed E-state index contributed by atoms with van der Waals surface area (Å²) in [7, 11) is 0. The summed E-state index contributed by atoms with van der Waals surface area (Å²) in [6.07, 6.45) is 3.48. The summed E-state index contributed by atoms with van der Waals surface area (Å²) in [6, 6.07) is 11.8. The van der Waals surface area contributed by atoms with Crippen LogP contribution < -0.4 is 15.1 Å². The fraction of sp³-hybridized carbons (Fsp3) is 0.462. The topological polar surface area (TPSA) is 125 Å². The number of cyclic esters (lactones) is 1. The zero-order valence-electron chi connectivity index (χ0n) is 20.0. The van der Waals surface area contributed by atoms with Crippen LogP contribution in [0.4, 0.5) is 21.9 Å². The van der Waals surface area contributed by atoms with Crippen molar-refractivity contribution in [3.8, 4) is 0 Å². The lowest BCUT2D eigenvalue weighted by Gasteiger charge is -2.40. The molecular weight excluding hydrogens is 464 g/mol. The number of rotatable bonds is 5. The monoisotopic (exact) mass is 494 g/mol. The number of piperidine rings is 1. The van der Waals surface area contributed by atoms with Gasteiger partial charge in [-0.05, 0) is 43.9 Å². The summed E-state index contributed by atoms with van der Waals surface area (Å²) >= 11 is 0. The number of ether oxygens (including phenoxy) is 1. The molecule has 0 aromatic heterocycles. The number of amides is 2. The van der Waals surface area contributed by atoms with E-state index in [1.807, 2.05) is 29.2 Å². The number of carbonyl (C=O) groups is 2. The quantitative estimate of drug-likeness (QED) is 0.479. The van der Waals surface area contributed by atoms with Crippen LogP contribution in [0, 0.1) is 10.1 Å². The lowest BCUT2D eigenvalue weighted by Crippen LogP contribution is -2.49. The number of hydrogen-bond donors (Lipinski definition) is 2. The highest BCUT2D eigenvalue weighted by Crippen LogP contribution is 2.35. The van der Waals surface area contributed by atoms with Crippen LogP contribution in [-0.2, 0) is 11.3 Å². The molecule has 1 saturated carbocycles. The Labute approximate surface area is 209 Å². The van der Waals surface area contributed by atoms with Crippen molar-refractivity contribution in [2.45, 2.75) is 63.3 Å². The lowest BCUT2D eigenvalue weighted by atomic mass is 9.92. The highest BCUT2D eigenvalue weighted by Gasteiger charge is 2.35. The number of fused-ring (bicyclic) bond motifs is 1. The number of para-hydroxylation sites is 1. The zero-order chi connectivity index (χ0) is 25.2. The largest absolute Gasteiger partial charge is 0.444 e. The summed E-state index contributed by atoms with van der Waals surface area (Å²) in [6.45, 7) is 1.31. The number of aliphatic hydroxyl groups excluding tert-OH is 1. The van der Waals surface area contributed by atoms with Gasteiger partial charge in [-0.3, -0.25) is 19.8 Å². The molecule has 3 aliphatic rings. The predicted molar refractivity (Wildman–Crippen MR) is 133 cm³/mol. The Morgan fingerprint density at radius 1 is 1.06 bits per heavy atom. The average molecular weight is 495 g/mol. The van der Waals surface area contributed by atoms with E-state index < -0.39 is 16.9 Å². The molecule has 2 aromatic carbocycles. The molecule has 2 N–H and O–H groups in total. The number of nitrogens with zero attached hydrogens (tertiary/aromatic N) is 3. The van der Waals surface area contributed by atoms with Crippen molar-refractivity contribution in [3.05, 3.63) is 63.7 Å². The Hall–Kier alpha value is -3.66. The minimum Gasteiger partial charge on any atom is -0.444 e. The highest BCUT2D eigenvalue weighted by atomic mass is 16.6. The van der Waals surface area contributed by atoms with Crippen LogP contribution in [0.5, 0.6) is 0 Å². The van der Waals surface area contributed by atoms with Gasteiger partial charge in [0.2, 0.25) is 0 Å². The van der Waals surface area contributed by atoms with Crippen LogP contribution in [0.25, 0.3) is 0 Å². The minimum absolute atomic E-state index is 0.0683. The van der Waals surface area contributed by atoms with Gasteiger partial charge in [0.1, 0.15) is 12.3 Å². The Bertz CT molecular complexity index is 1160. The molecule has 0 radical (unpaired) electrons. The van der Waals surface area contributed by atoms with Crippen LogP contribution in [0.2, 0.25) is 0 Å². The van der Waals surface area contributed by atoms with E-state index >= 15 is 0 Å². The van der Waals surface area contributed by atoms with E-state index in [9.17, 15) is 24.8 Å². The van der Waals surface area contributed by atoms with E-state index in [1.54, 1.807) is 17.0 Å². The summed E-state index contributed by atoms with van der Waals surface area (Å²) in [5.41, 5.74) is 2.34. The van der Waals surface area contributed by atoms with E-state index in [0.717, 1.165) is 24.1 Å². The maximum atomic E-state index is 12.8. The Kier molecular flexibility index (Phi) is 6.77. The van der Waals surface area contributed by atoms with Crippen LogP contribution in [0.3, 0.4) is 0 Å². The summed E-state index contributed by atoms with van der Waals surface area (Å²) < 4.78 is 5.36. The molecule has 2 heterocycles. The molecule has 0 bridgehead atoms. The number of nitrogens with one attached hydrogen (secondary N) is 1. The van der Waals surface area contributed by atoms with Crippen molar-refractivity contribution in [1.29, 1.82) is 0 Å². The molecule has 2 atom stereocenters. The second-order valence-electron chi connectivity index (χ2n) is 9.66. The zero-order valence-corrected chi connectivity index (χ0v) is 20.0. The van der Waals surface area contributed by atoms with Crippen LogP contribution in [0.15, 0.2) is 42.5 Å². The van der Waals surface area contributed by atoms with E-state index in [1.165, 1.54) is 6.07 Å². The maximum Gasteiger partial charge on any atom is 0.414 e. The SMILES string of the molecule is O=C(N[C@H]1CCCC[C@@H]1O)c1ccc(N2CCC(N3C(=O)OCc4ccccc43)CC2)c([N+](=O)[O-])c1. The van der Waals surface area contributed by atoms with Crippen LogP contribution in [0.1, 0.15) is 54.4 Å². The first-order chi connectivity index (χ1) is 17.4. The Balaban J connectivity index is 1.29. The molecule has 190 valence electrons. The number of carbonyl (C=O) groups excluding carboxylic acids is 2. The van der Waals surface area contributed by atoms with Gasteiger partial charge in [0, 0.05) is 36.3 Å². The molecule has 2 amide bonds. The molecular formula is C26H30N4O6. The third-order valence-corrected chi connectivity index (χ3v) is 7.45. The molecule has 0 spiro atoms. The predicted octanol–water partition coefficient (Wildman–Crippen LogP) is 3.75. The molecule has 2 fully saturated rings. The van der Waals surface area contributed by atoms with Gasteiger partial charge in [-0.2, -0.15) is 0 Å². The third-order valence-electron chi connectivity index (χ3n) is 7.45. The van der Waals surface area contributed by atoms with E-state index in [0.29, 0.717) is 44.5 Å². The summed E-state index contributed by atoms with van der Waals surface area (Å²) in [5.74, 6) is -0.420. The second-order valence-corrected chi connectivity index (χ2v) is 9.66. The maximum absolute atomic E-state index is 12.8. The molecule has 10 heteroatoms. The minimum atomic E-state index is -0.595. The number of nitro groups is 1. The molecule has 2 aromatic rings. The van der Waals surface area contributed by atoms with Crippen LogP contribution in [-0.4, -0.2) is 53.3 Å². The van der Waals surface area contributed by atoms with Gasteiger partial charge < -0.3 is 20.1 Å². The van der Waals surface area contributed by atoms with Crippen molar-refractivity contribution in [1.82, 2.24) is 5.32 Å². The van der Waals surface area contributed by atoms with Gasteiger partial charge >= 0.3 is 6.09 Å².